The van der Waals surface area contributed by atoms with E-state index in [0.717, 1.165) is 30.3 Å². The van der Waals surface area contributed by atoms with Gasteiger partial charge in [-0.2, -0.15) is 0 Å². The molecule has 1 aromatic heterocycles. The number of hydrogen-bond donors (Lipinski definition) is 2. The SMILES string of the molecule is COc1cccc(NC(=S)NC[C@H](c2ccco2)N2CCCCC2)c1. The number of methoxy groups -OCH3 is 1. The van der Waals surface area contributed by atoms with Crippen LogP contribution in [0.4, 0.5) is 5.69 Å². The Hall–Kier alpha value is -2.05. The highest BCUT2D eigenvalue weighted by Crippen LogP contribution is 2.24. The summed E-state index contributed by atoms with van der Waals surface area (Å²) in [5, 5.41) is 7.14. The van der Waals surface area contributed by atoms with Gasteiger partial charge in [0.15, 0.2) is 5.11 Å². The van der Waals surface area contributed by atoms with E-state index in [1.54, 1.807) is 13.4 Å². The smallest absolute Gasteiger partial charge is 0.170 e. The molecule has 0 radical (unpaired) electrons. The van der Waals surface area contributed by atoms with Gasteiger partial charge in [-0.3, -0.25) is 4.90 Å². The van der Waals surface area contributed by atoms with Crippen molar-refractivity contribution in [3.63, 3.8) is 0 Å². The lowest BCUT2D eigenvalue weighted by Gasteiger charge is -2.33. The molecule has 134 valence electrons. The van der Waals surface area contributed by atoms with Crippen LogP contribution in [0.5, 0.6) is 5.75 Å². The molecule has 1 aliphatic rings. The Morgan fingerprint density at radius 2 is 2.08 bits per heavy atom. The molecule has 2 aromatic rings. The maximum Gasteiger partial charge on any atom is 0.170 e. The van der Waals surface area contributed by atoms with E-state index in [0.29, 0.717) is 11.7 Å². The van der Waals surface area contributed by atoms with Gasteiger partial charge in [0.05, 0.1) is 19.4 Å². The van der Waals surface area contributed by atoms with Crippen LogP contribution in [0.25, 0.3) is 0 Å². The van der Waals surface area contributed by atoms with Crippen molar-refractivity contribution in [2.24, 2.45) is 0 Å². The molecule has 1 aromatic carbocycles. The first-order valence-corrected chi connectivity index (χ1v) is 9.13. The highest BCUT2D eigenvalue weighted by molar-refractivity contribution is 7.80. The molecule has 0 saturated carbocycles. The largest absolute Gasteiger partial charge is 0.497 e. The predicted molar refractivity (Wildman–Crippen MR) is 104 cm³/mol. The molecule has 2 N–H and O–H groups in total. The van der Waals surface area contributed by atoms with E-state index in [1.165, 1.54) is 19.3 Å². The number of ether oxygens (including phenoxy) is 1. The van der Waals surface area contributed by atoms with E-state index >= 15 is 0 Å². The minimum Gasteiger partial charge on any atom is -0.497 e. The summed E-state index contributed by atoms with van der Waals surface area (Å²) in [4.78, 5) is 2.48. The molecule has 1 atom stereocenters. The molecule has 6 heteroatoms. The minimum atomic E-state index is 0.195. The molecule has 0 aliphatic carbocycles. The van der Waals surface area contributed by atoms with Crippen LogP contribution >= 0.6 is 12.2 Å². The molecule has 0 spiro atoms. The van der Waals surface area contributed by atoms with Crippen molar-refractivity contribution in [1.29, 1.82) is 0 Å². The number of anilines is 1. The Morgan fingerprint density at radius 3 is 2.80 bits per heavy atom. The molecule has 1 fully saturated rings. The Balaban J connectivity index is 1.59. The van der Waals surface area contributed by atoms with Gasteiger partial charge in [0.2, 0.25) is 0 Å². The third kappa shape index (κ3) is 4.96. The van der Waals surface area contributed by atoms with Crippen molar-refractivity contribution in [3.8, 4) is 5.75 Å². The van der Waals surface area contributed by atoms with Gasteiger partial charge in [0, 0.05) is 18.3 Å². The number of nitrogens with one attached hydrogen (secondary N) is 2. The van der Waals surface area contributed by atoms with Gasteiger partial charge in [0.25, 0.3) is 0 Å². The summed E-state index contributed by atoms with van der Waals surface area (Å²) in [5.74, 6) is 1.79. The standard InChI is InChI=1S/C19H25N3O2S/c1-23-16-8-5-7-15(13-16)21-19(25)20-14-17(18-9-6-12-24-18)22-10-3-2-4-11-22/h5-9,12-13,17H,2-4,10-11,14H2,1H3,(H2,20,21,25)/t17-/m1/s1. The van der Waals surface area contributed by atoms with Crippen molar-refractivity contribution in [3.05, 3.63) is 48.4 Å². The summed E-state index contributed by atoms with van der Waals surface area (Å²) in [6, 6.07) is 11.9. The second-order valence-corrected chi connectivity index (χ2v) is 6.60. The monoisotopic (exact) mass is 359 g/mol. The first-order valence-electron chi connectivity index (χ1n) is 8.72. The molecule has 3 rings (SSSR count). The molecule has 25 heavy (non-hydrogen) atoms. The van der Waals surface area contributed by atoms with E-state index in [2.05, 4.69) is 15.5 Å². The molecule has 2 heterocycles. The fourth-order valence-corrected chi connectivity index (χ4v) is 3.39. The predicted octanol–water partition coefficient (Wildman–Crippen LogP) is 3.80. The van der Waals surface area contributed by atoms with Crippen molar-refractivity contribution >= 4 is 23.0 Å². The number of furan rings is 1. The van der Waals surface area contributed by atoms with Crippen LogP contribution in [0.3, 0.4) is 0 Å². The van der Waals surface area contributed by atoms with Crippen LogP contribution in [0.15, 0.2) is 47.1 Å². The van der Waals surface area contributed by atoms with Crippen molar-refractivity contribution in [2.45, 2.75) is 25.3 Å². The van der Waals surface area contributed by atoms with E-state index in [1.807, 2.05) is 36.4 Å². The van der Waals surface area contributed by atoms with Gasteiger partial charge in [-0.1, -0.05) is 12.5 Å². The van der Waals surface area contributed by atoms with Gasteiger partial charge in [-0.25, -0.2) is 0 Å². The summed E-state index contributed by atoms with van der Waals surface area (Å²) >= 11 is 5.45. The lowest BCUT2D eigenvalue weighted by molar-refractivity contribution is 0.146. The Labute approximate surface area is 154 Å². The topological polar surface area (TPSA) is 49.7 Å². The minimum absolute atomic E-state index is 0.195. The van der Waals surface area contributed by atoms with Crippen molar-refractivity contribution in [2.75, 3.05) is 32.1 Å². The van der Waals surface area contributed by atoms with Gasteiger partial charge in [-0.15, -0.1) is 0 Å². The normalized spacial score (nSPS) is 16.2. The fourth-order valence-electron chi connectivity index (χ4n) is 3.19. The van der Waals surface area contributed by atoms with E-state index in [4.69, 9.17) is 21.4 Å². The molecule has 5 nitrogen and oxygen atoms in total. The second-order valence-electron chi connectivity index (χ2n) is 6.19. The highest BCUT2D eigenvalue weighted by atomic mass is 32.1. The van der Waals surface area contributed by atoms with Crippen LogP contribution in [-0.2, 0) is 0 Å². The quantitative estimate of drug-likeness (QED) is 0.765. The number of benzene rings is 1. The maximum absolute atomic E-state index is 5.67. The summed E-state index contributed by atoms with van der Waals surface area (Å²) in [6.45, 7) is 2.91. The molecule has 0 unspecified atom stereocenters. The van der Waals surface area contributed by atoms with Crippen LogP contribution < -0.4 is 15.4 Å². The first-order chi connectivity index (χ1) is 12.3. The molecular weight excluding hydrogens is 334 g/mol. The lowest BCUT2D eigenvalue weighted by Crippen LogP contribution is -2.41. The van der Waals surface area contributed by atoms with E-state index < -0.39 is 0 Å². The highest BCUT2D eigenvalue weighted by Gasteiger charge is 2.24. The maximum atomic E-state index is 5.67. The summed E-state index contributed by atoms with van der Waals surface area (Å²) < 4.78 is 10.9. The summed E-state index contributed by atoms with van der Waals surface area (Å²) in [5.41, 5.74) is 0.907. The first kappa shape index (κ1) is 17.8. The Morgan fingerprint density at radius 1 is 1.24 bits per heavy atom. The Bertz CT molecular complexity index is 669. The molecule has 0 bridgehead atoms. The second kappa shape index (κ2) is 8.87. The van der Waals surface area contributed by atoms with Crippen LogP contribution in [-0.4, -0.2) is 36.8 Å². The number of nitrogens with zero attached hydrogens (tertiary/aromatic N) is 1. The molecular formula is C19H25N3O2S. The van der Waals surface area contributed by atoms with E-state index in [-0.39, 0.29) is 6.04 Å². The van der Waals surface area contributed by atoms with Crippen LogP contribution in [0.1, 0.15) is 31.1 Å². The molecule has 1 saturated heterocycles. The van der Waals surface area contributed by atoms with Crippen molar-refractivity contribution < 1.29 is 9.15 Å². The molecule has 0 amide bonds. The average molecular weight is 359 g/mol. The Kier molecular flexibility index (Phi) is 6.30. The van der Waals surface area contributed by atoms with Crippen molar-refractivity contribution in [1.82, 2.24) is 10.2 Å². The summed E-state index contributed by atoms with van der Waals surface area (Å²) in [6.07, 6.45) is 5.52. The fraction of sp³-hybridized carbons (Fsp3) is 0.421. The number of thiocarbonyl (C=S) groups is 1. The zero-order valence-corrected chi connectivity index (χ0v) is 15.3. The number of rotatable bonds is 6. The average Bonchev–Trinajstić information content (AvgIpc) is 3.17. The van der Waals surface area contributed by atoms with Gasteiger partial charge >= 0.3 is 0 Å². The van der Waals surface area contributed by atoms with Gasteiger partial charge in [-0.05, 0) is 62.4 Å². The number of likely N-dealkylation sites (tertiary alicyclic amines) is 1. The third-order valence-electron chi connectivity index (χ3n) is 4.49. The van der Waals surface area contributed by atoms with Gasteiger partial charge in [0.1, 0.15) is 11.5 Å². The summed E-state index contributed by atoms with van der Waals surface area (Å²) in [7, 11) is 1.66. The lowest BCUT2D eigenvalue weighted by atomic mass is 10.1. The van der Waals surface area contributed by atoms with E-state index in [9.17, 15) is 0 Å². The zero-order valence-electron chi connectivity index (χ0n) is 14.5. The van der Waals surface area contributed by atoms with Gasteiger partial charge < -0.3 is 19.8 Å². The van der Waals surface area contributed by atoms with Crippen LogP contribution in [0, 0.1) is 0 Å². The number of piperidine rings is 1. The number of hydrogen-bond acceptors (Lipinski definition) is 4. The molecule has 1 aliphatic heterocycles. The zero-order chi connectivity index (χ0) is 17.5. The van der Waals surface area contributed by atoms with Crippen LogP contribution in [0.2, 0.25) is 0 Å². The third-order valence-corrected chi connectivity index (χ3v) is 4.73.